The highest BCUT2D eigenvalue weighted by atomic mass is 19.1. The van der Waals surface area contributed by atoms with Crippen molar-refractivity contribution in [2.24, 2.45) is 0 Å². The number of halogens is 1. The number of hydrogen-bond acceptors (Lipinski definition) is 4. The van der Waals surface area contributed by atoms with Gasteiger partial charge in [-0.25, -0.2) is 18.8 Å². The number of hydrogen-bond donors (Lipinski definition) is 0. The van der Waals surface area contributed by atoms with E-state index in [-0.39, 0.29) is 6.04 Å². The van der Waals surface area contributed by atoms with Gasteiger partial charge in [-0.05, 0) is 63.1 Å². The lowest BCUT2D eigenvalue weighted by atomic mass is 10.1. The van der Waals surface area contributed by atoms with Crippen LogP contribution in [0.15, 0.2) is 56.6 Å². The summed E-state index contributed by atoms with van der Waals surface area (Å²) in [5.74, 6) is -1.41. The van der Waals surface area contributed by atoms with Crippen LogP contribution in [0.4, 0.5) is 14.9 Å². The average molecular weight is 385 g/mol. The summed E-state index contributed by atoms with van der Waals surface area (Å²) in [6.45, 7) is 6.97. The third kappa shape index (κ3) is 3.28. The molecule has 2 aromatic carbocycles. The fourth-order valence-electron chi connectivity index (χ4n) is 3.12. The number of carbonyl (C=O) groups excluding carboxylic acids is 1. The van der Waals surface area contributed by atoms with Gasteiger partial charge >= 0.3 is 17.5 Å². The number of amides is 1. The Morgan fingerprint density at radius 2 is 1.61 bits per heavy atom. The monoisotopic (exact) mass is 385 g/mol. The molecule has 0 radical (unpaired) electrons. The van der Waals surface area contributed by atoms with Crippen LogP contribution in [0.1, 0.15) is 25.0 Å². The molecule has 8 heteroatoms. The Bertz CT molecular complexity index is 1120. The molecule has 7 nitrogen and oxygen atoms in total. The Morgan fingerprint density at radius 3 is 2.14 bits per heavy atom. The smallest absolute Gasteiger partial charge is 0.307 e. The highest BCUT2D eigenvalue weighted by molar-refractivity contribution is 5.93. The van der Waals surface area contributed by atoms with Crippen LogP contribution < -0.4 is 16.3 Å². The van der Waals surface area contributed by atoms with Gasteiger partial charge in [-0.3, -0.25) is 4.90 Å². The summed E-state index contributed by atoms with van der Waals surface area (Å²) < 4.78 is 19.5. The van der Waals surface area contributed by atoms with E-state index in [1.165, 1.54) is 29.2 Å². The minimum Gasteiger partial charge on any atom is -0.307 e. The molecule has 0 atom stereocenters. The van der Waals surface area contributed by atoms with E-state index in [1.54, 1.807) is 45.9 Å². The Hall–Kier alpha value is -3.42. The second kappa shape index (κ2) is 7.30. The summed E-state index contributed by atoms with van der Waals surface area (Å²) in [5.41, 5.74) is 1.24. The number of nitrogens with zero attached hydrogens (tertiary/aromatic N) is 3. The van der Waals surface area contributed by atoms with E-state index in [9.17, 15) is 18.8 Å². The van der Waals surface area contributed by atoms with Gasteiger partial charge in [0.15, 0.2) is 0 Å². The first-order valence-electron chi connectivity index (χ1n) is 8.73. The SMILES string of the molecule is Cc1cccc(C)c1-n1c(=O)on(C(=O)N(c2ccc(F)cc2)C(C)C)c1=O. The lowest BCUT2D eigenvalue weighted by Gasteiger charge is -2.25. The zero-order valence-corrected chi connectivity index (χ0v) is 16.0. The van der Waals surface area contributed by atoms with E-state index in [0.29, 0.717) is 27.2 Å². The van der Waals surface area contributed by atoms with Crippen molar-refractivity contribution < 1.29 is 13.7 Å². The first kappa shape index (κ1) is 19.3. The summed E-state index contributed by atoms with van der Waals surface area (Å²) in [7, 11) is 0. The van der Waals surface area contributed by atoms with Crippen LogP contribution in [-0.4, -0.2) is 21.4 Å². The molecular formula is C20H20FN3O4. The molecule has 28 heavy (non-hydrogen) atoms. The van der Waals surface area contributed by atoms with E-state index in [2.05, 4.69) is 0 Å². The fraction of sp³-hybridized carbons (Fsp3) is 0.250. The third-order valence-electron chi connectivity index (χ3n) is 4.38. The maximum Gasteiger partial charge on any atom is 0.447 e. The lowest BCUT2D eigenvalue weighted by molar-refractivity contribution is 0.208. The maximum absolute atomic E-state index is 13.2. The molecule has 0 bridgehead atoms. The lowest BCUT2D eigenvalue weighted by Crippen LogP contribution is -2.44. The van der Waals surface area contributed by atoms with Crippen LogP contribution in [-0.2, 0) is 0 Å². The molecule has 3 aromatic rings. The topological polar surface area (TPSA) is 77.5 Å². The highest BCUT2D eigenvalue weighted by Crippen LogP contribution is 2.19. The molecule has 1 amide bonds. The molecule has 0 saturated heterocycles. The molecule has 0 saturated carbocycles. The summed E-state index contributed by atoms with van der Waals surface area (Å²) >= 11 is 0. The van der Waals surface area contributed by atoms with Crippen LogP contribution >= 0.6 is 0 Å². The van der Waals surface area contributed by atoms with Crippen LogP contribution in [0.5, 0.6) is 0 Å². The zero-order chi connectivity index (χ0) is 20.6. The van der Waals surface area contributed by atoms with E-state index >= 15 is 0 Å². The Morgan fingerprint density at radius 1 is 1.04 bits per heavy atom. The van der Waals surface area contributed by atoms with E-state index < -0.39 is 23.3 Å². The van der Waals surface area contributed by atoms with Crippen molar-refractivity contribution in [1.29, 1.82) is 0 Å². The molecule has 3 rings (SSSR count). The van der Waals surface area contributed by atoms with Crippen molar-refractivity contribution >= 4 is 11.7 Å². The normalized spacial score (nSPS) is 11.1. The summed E-state index contributed by atoms with van der Waals surface area (Å²) in [4.78, 5) is 39.5. The van der Waals surface area contributed by atoms with E-state index in [1.807, 2.05) is 0 Å². The largest absolute Gasteiger partial charge is 0.447 e. The molecule has 0 unspecified atom stereocenters. The predicted molar refractivity (Wildman–Crippen MR) is 103 cm³/mol. The first-order chi connectivity index (χ1) is 13.2. The van der Waals surface area contributed by atoms with Gasteiger partial charge in [0.25, 0.3) is 0 Å². The van der Waals surface area contributed by atoms with Gasteiger partial charge in [0.2, 0.25) is 0 Å². The molecular weight excluding hydrogens is 365 g/mol. The fourth-order valence-corrected chi connectivity index (χ4v) is 3.12. The Balaban J connectivity index is 2.14. The maximum atomic E-state index is 13.2. The van der Waals surface area contributed by atoms with Gasteiger partial charge in [0.1, 0.15) is 5.82 Å². The second-order valence-electron chi connectivity index (χ2n) is 6.73. The first-order valence-corrected chi connectivity index (χ1v) is 8.73. The van der Waals surface area contributed by atoms with Gasteiger partial charge in [0.05, 0.1) is 5.69 Å². The number of aryl methyl sites for hydroxylation is 2. The van der Waals surface area contributed by atoms with Crippen LogP contribution in [0, 0.1) is 19.7 Å². The molecule has 0 aliphatic heterocycles. The number of rotatable bonds is 3. The molecule has 1 aromatic heterocycles. The van der Waals surface area contributed by atoms with Gasteiger partial charge in [-0.2, -0.15) is 4.57 Å². The Kier molecular flexibility index (Phi) is 5.04. The highest BCUT2D eigenvalue weighted by Gasteiger charge is 2.27. The molecule has 0 fully saturated rings. The van der Waals surface area contributed by atoms with Crippen LogP contribution in [0.25, 0.3) is 5.69 Å². The van der Waals surface area contributed by atoms with Crippen molar-refractivity contribution in [3.63, 3.8) is 0 Å². The number of anilines is 1. The van der Waals surface area contributed by atoms with Crippen molar-refractivity contribution in [2.75, 3.05) is 4.90 Å². The standard InChI is InChI=1S/C20H20FN3O4/c1-12(2)22(16-10-8-15(21)9-11-16)18(25)24-19(26)23(20(27)28-24)17-13(3)6-5-7-14(17)4/h5-12H,1-4H3. The molecule has 1 heterocycles. The number of carbonyl (C=O) groups is 1. The average Bonchev–Trinajstić information content (AvgIpc) is 2.91. The third-order valence-corrected chi connectivity index (χ3v) is 4.38. The Labute approximate surface area is 160 Å². The molecule has 0 N–H and O–H groups in total. The van der Waals surface area contributed by atoms with E-state index in [4.69, 9.17) is 4.52 Å². The summed E-state index contributed by atoms with van der Waals surface area (Å²) in [6, 6.07) is 9.35. The summed E-state index contributed by atoms with van der Waals surface area (Å²) in [6.07, 6.45) is 0. The molecule has 0 aliphatic carbocycles. The predicted octanol–water partition coefficient (Wildman–Crippen LogP) is 3.23. The molecule has 146 valence electrons. The minimum atomic E-state index is -0.960. The van der Waals surface area contributed by atoms with Crippen molar-refractivity contribution in [1.82, 2.24) is 9.31 Å². The van der Waals surface area contributed by atoms with Crippen LogP contribution in [0.2, 0.25) is 0 Å². The number of para-hydroxylation sites is 1. The second-order valence-corrected chi connectivity index (χ2v) is 6.73. The molecule has 0 spiro atoms. The van der Waals surface area contributed by atoms with Gasteiger partial charge < -0.3 is 4.52 Å². The number of benzene rings is 2. The summed E-state index contributed by atoms with van der Waals surface area (Å²) in [5, 5.41) is 0. The van der Waals surface area contributed by atoms with E-state index in [0.717, 1.165) is 4.57 Å². The van der Waals surface area contributed by atoms with Crippen molar-refractivity contribution in [3.8, 4) is 5.69 Å². The van der Waals surface area contributed by atoms with Crippen LogP contribution in [0.3, 0.4) is 0 Å². The minimum absolute atomic E-state index is 0.371. The van der Waals surface area contributed by atoms with Gasteiger partial charge in [-0.15, -0.1) is 0 Å². The molecule has 0 aliphatic rings. The van der Waals surface area contributed by atoms with Gasteiger partial charge in [0, 0.05) is 11.7 Å². The van der Waals surface area contributed by atoms with Crippen molar-refractivity contribution in [3.05, 3.63) is 80.4 Å². The number of aromatic nitrogens is 2. The zero-order valence-electron chi connectivity index (χ0n) is 16.0. The van der Waals surface area contributed by atoms with Gasteiger partial charge in [-0.1, -0.05) is 22.9 Å². The quantitative estimate of drug-likeness (QED) is 0.694. The van der Waals surface area contributed by atoms with Crippen molar-refractivity contribution in [2.45, 2.75) is 33.7 Å².